The average molecular weight is 319 g/mol. The van der Waals surface area contributed by atoms with Crippen LogP contribution >= 0.6 is 12.4 Å². The van der Waals surface area contributed by atoms with Crippen molar-refractivity contribution in [3.8, 4) is 0 Å². The van der Waals surface area contributed by atoms with Crippen molar-refractivity contribution in [1.29, 1.82) is 0 Å². The molecule has 0 saturated heterocycles. The highest BCUT2D eigenvalue weighted by atomic mass is 35.5. The van der Waals surface area contributed by atoms with E-state index in [1.54, 1.807) is 6.92 Å². The van der Waals surface area contributed by atoms with Crippen LogP contribution in [-0.2, 0) is 9.53 Å². The summed E-state index contributed by atoms with van der Waals surface area (Å²) in [5, 5.41) is 2.62. The molecule has 1 rings (SSSR count). The molecule has 0 spiro atoms. The van der Waals surface area contributed by atoms with E-state index in [9.17, 15) is 18.0 Å². The Bertz CT molecular complexity index is 308. The predicted octanol–water partition coefficient (Wildman–Crippen LogP) is 2.15. The van der Waals surface area contributed by atoms with Crippen LogP contribution in [-0.4, -0.2) is 36.9 Å². The largest absolute Gasteiger partial charge is 0.411 e. The van der Waals surface area contributed by atoms with E-state index >= 15 is 0 Å². The van der Waals surface area contributed by atoms with Crippen LogP contribution in [0.3, 0.4) is 0 Å². The molecule has 1 fully saturated rings. The molecule has 0 aliphatic heterocycles. The topological polar surface area (TPSA) is 64.3 Å². The Balaban J connectivity index is 0.00000361. The smallest absolute Gasteiger partial charge is 0.370 e. The van der Waals surface area contributed by atoms with Crippen LogP contribution in [0, 0.1) is 0 Å². The van der Waals surface area contributed by atoms with Gasteiger partial charge < -0.3 is 15.8 Å². The Labute approximate surface area is 123 Å². The predicted molar refractivity (Wildman–Crippen MR) is 71.7 cm³/mol. The van der Waals surface area contributed by atoms with E-state index in [4.69, 9.17) is 5.73 Å². The van der Waals surface area contributed by atoms with Gasteiger partial charge in [-0.25, -0.2) is 0 Å². The van der Waals surface area contributed by atoms with Gasteiger partial charge in [0.25, 0.3) is 0 Å². The van der Waals surface area contributed by atoms with E-state index in [-0.39, 0.29) is 24.9 Å². The van der Waals surface area contributed by atoms with Gasteiger partial charge >= 0.3 is 6.18 Å². The van der Waals surface area contributed by atoms with Gasteiger partial charge in [-0.05, 0) is 19.8 Å². The van der Waals surface area contributed by atoms with Crippen molar-refractivity contribution < 1.29 is 22.7 Å². The van der Waals surface area contributed by atoms with E-state index in [0.29, 0.717) is 12.8 Å². The highest BCUT2D eigenvalue weighted by molar-refractivity contribution is 5.86. The highest BCUT2D eigenvalue weighted by Gasteiger charge is 2.35. The molecule has 1 saturated carbocycles. The number of ether oxygens (including phenoxy) is 1. The minimum Gasteiger partial charge on any atom is -0.370 e. The third-order valence-corrected chi connectivity index (χ3v) is 3.21. The third kappa shape index (κ3) is 6.76. The summed E-state index contributed by atoms with van der Waals surface area (Å²) in [4.78, 5) is 12.0. The van der Waals surface area contributed by atoms with E-state index < -0.39 is 24.4 Å². The van der Waals surface area contributed by atoms with E-state index in [2.05, 4.69) is 10.1 Å². The number of hydrogen-bond acceptors (Lipinski definition) is 3. The fourth-order valence-corrected chi connectivity index (χ4v) is 2.17. The molecular weight excluding hydrogens is 297 g/mol. The van der Waals surface area contributed by atoms with Crippen LogP contribution < -0.4 is 11.1 Å². The second kappa shape index (κ2) is 8.05. The minimum atomic E-state index is -4.35. The molecule has 0 aromatic rings. The molecule has 1 atom stereocenters. The summed E-state index contributed by atoms with van der Waals surface area (Å²) in [6.07, 6.45) is -0.228. The van der Waals surface area contributed by atoms with Crippen molar-refractivity contribution in [1.82, 2.24) is 5.32 Å². The fraction of sp³-hybridized carbons (Fsp3) is 0.917. The zero-order chi connectivity index (χ0) is 14.5. The third-order valence-electron chi connectivity index (χ3n) is 3.21. The Hall–Kier alpha value is -0.530. The Kier molecular flexibility index (Phi) is 7.83. The van der Waals surface area contributed by atoms with Gasteiger partial charge in [0.05, 0.1) is 12.1 Å². The lowest BCUT2D eigenvalue weighted by Crippen LogP contribution is -2.57. The van der Waals surface area contributed by atoms with Crippen LogP contribution in [0.1, 0.15) is 39.0 Å². The Morgan fingerprint density at radius 2 is 1.90 bits per heavy atom. The summed E-state index contributed by atoms with van der Waals surface area (Å²) >= 11 is 0. The maximum atomic E-state index is 12.0. The lowest BCUT2D eigenvalue weighted by molar-refractivity contribution is -0.175. The number of halogens is 4. The average Bonchev–Trinajstić information content (AvgIpc) is 2.28. The van der Waals surface area contributed by atoms with Crippen molar-refractivity contribution in [2.45, 2.75) is 56.8 Å². The Morgan fingerprint density at radius 3 is 2.40 bits per heavy atom. The lowest BCUT2D eigenvalue weighted by Gasteiger charge is -2.33. The van der Waals surface area contributed by atoms with Crippen LogP contribution in [0.2, 0.25) is 0 Å². The SMILES string of the molecule is CC(COCC(F)(F)F)NC(=O)C1(N)CCCCC1.Cl. The van der Waals surface area contributed by atoms with Crippen molar-refractivity contribution >= 4 is 18.3 Å². The second-order valence-corrected chi connectivity index (χ2v) is 5.22. The molecular formula is C12H22ClF3N2O2. The van der Waals surface area contributed by atoms with Crippen LogP contribution in [0.15, 0.2) is 0 Å². The first-order valence-electron chi connectivity index (χ1n) is 6.47. The van der Waals surface area contributed by atoms with Crippen molar-refractivity contribution in [2.75, 3.05) is 13.2 Å². The first-order chi connectivity index (χ1) is 8.73. The summed E-state index contributed by atoms with van der Waals surface area (Å²) in [5.74, 6) is -0.296. The molecule has 0 radical (unpaired) electrons. The molecule has 3 N–H and O–H groups in total. The molecule has 0 aromatic carbocycles. The maximum absolute atomic E-state index is 12.0. The number of carbonyl (C=O) groups excluding carboxylic acids is 1. The number of rotatable bonds is 5. The van der Waals surface area contributed by atoms with Gasteiger partial charge in [-0.3, -0.25) is 4.79 Å². The van der Waals surface area contributed by atoms with Crippen LogP contribution in [0.5, 0.6) is 0 Å². The van der Waals surface area contributed by atoms with Gasteiger partial charge in [0.1, 0.15) is 6.61 Å². The van der Waals surface area contributed by atoms with Crippen molar-refractivity contribution in [2.24, 2.45) is 5.73 Å². The number of nitrogens with one attached hydrogen (secondary N) is 1. The van der Waals surface area contributed by atoms with E-state index in [1.165, 1.54) is 0 Å². The lowest BCUT2D eigenvalue weighted by atomic mass is 9.82. The zero-order valence-electron chi connectivity index (χ0n) is 11.5. The molecule has 1 aliphatic carbocycles. The molecule has 0 aromatic heterocycles. The fourth-order valence-electron chi connectivity index (χ4n) is 2.17. The Morgan fingerprint density at radius 1 is 1.35 bits per heavy atom. The molecule has 1 aliphatic rings. The van der Waals surface area contributed by atoms with Gasteiger partial charge in [0.2, 0.25) is 5.91 Å². The van der Waals surface area contributed by atoms with E-state index in [1.807, 2.05) is 0 Å². The highest BCUT2D eigenvalue weighted by Crippen LogP contribution is 2.26. The molecule has 20 heavy (non-hydrogen) atoms. The first-order valence-corrected chi connectivity index (χ1v) is 6.47. The number of nitrogens with two attached hydrogens (primary N) is 1. The molecule has 8 heteroatoms. The number of amides is 1. The van der Waals surface area contributed by atoms with Gasteiger partial charge in [0.15, 0.2) is 0 Å². The second-order valence-electron chi connectivity index (χ2n) is 5.22. The van der Waals surface area contributed by atoms with Crippen molar-refractivity contribution in [3.63, 3.8) is 0 Å². The summed E-state index contributed by atoms with van der Waals surface area (Å²) in [5.41, 5.74) is 5.14. The number of hydrogen-bond donors (Lipinski definition) is 2. The van der Waals surface area contributed by atoms with Crippen LogP contribution in [0.25, 0.3) is 0 Å². The molecule has 1 amide bonds. The molecule has 4 nitrogen and oxygen atoms in total. The number of carbonyl (C=O) groups is 1. The van der Waals surface area contributed by atoms with Crippen LogP contribution in [0.4, 0.5) is 13.2 Å². The van der Waals surface area contributed by atoms with Gasteiger partial charge in [-0.15, -0.1) is 12.4 Å². The van der Waals surface area contributed by atoms with Gasteiger partial charge in [0, 0.05) is 6.04 Å². The standard InChI is InChI=1S/C12H21F3N2O2.ClH/c1-9(7-19-8-12(13,14)15)17-10(18)11(16)5-3-2-4-6-11;/h9H,2-8,16H2,1H3,(H,17,18);1H. The maximum Gasteiger partial charge on any atom is 0.411 e. The first kappa shape index (κ1) is 19.5. The molecule has 120 valence electrons. The molecule has 0 bridgehead atoms. The quantitative estimate of drug-likeness (QED) is 0.816. The summed E-state index contributed by atoms with van der Waals surface area (Å²) in [6.45, 7) is 0.114. The monoisotopic (exact) mass is 318 g/mol. The zero-order valence-corrected chi connectivity index (χ0v) is 12.3. The molecule has 0 heterocycles. The minimum absolute atomic E-state index is 0. The van der Waals surface area contributed by atoms with Gasteiger partial charge in [-0.1, -0.05) is 19.3 Å². The van der Waals surface area contributed by atoms with Crippen molar-refractivity contribution in [3.05, 3.63) is 0 Å². The summed E-state index contributed by atoms with van der Waals surface area (Å²) < 4.78 is 40.2. The van der Waals surface area contributed by atoms with Gasteiger partial charge in [-0.2, -0.15) is 13.2 Å². The van der Waals surface area contributed by atoms with E-state index in [0.717, 1.165) is 19.3 Å². The summed E-state index contributed by atoms with van der Waals surface area (Å²) in [7, 11) is 0. The molecule has 1 unspecified atom stereocenters. The number of alkyl halides is 3. The summed E-state index contributed by atoms with van der Waals surface area (Å²) in [6, 6.07) is -0.489. The normalized spacial score (nSPS) is 19.9.